The molecule has 68 valence electrons. The first kappa shape index (κ1) is 7.57. The van der Waals surface area contributed by atoms with E-state index in [1.54, 1.807) is 16.7 Å². The summed E-state index contributed by atoms with van der Waals surface area (Å²) in [5.41, 5.74) is 4.82. The molecule has 0 unspecified atom stereocenters. The molecule has 0 bridgehead atoms. The maximum absolute atomic E-state index is 3.46. The third-order valence-corrected chi connectivity index (χ3v) is 3.20. The van der Waals surface area contributed by atoms with E-state index in [2.05, 4.69) is 23.5 Å². The molecule has 0 spiro atoms. The zero-order valence-electron chi connectivity index (χ0n) is 7.84. The second-order valence-electron chi connectivity index (χ2n) is 4.19. The molecule has 0 atom stereocenters. The highest BCUT2D eigenvalue weighted by atomic mass is 14.9. The Labute approximate surface area is 79.2 Å². The molecule has 1 heteroatoms. The molecule has 1 aliphatic heterocycles. The van der Waals surface area contributed by atoms with Crippen LogP contribution < -0.4 is 5.32 Å². The predicted octanol–water partition coefficient (Wildman–Crippen LogP) is 2.21. The molecule has 1 heterocycles. The zero-order valence-corrected chi connectivity index (χ0v) is 7.84. The summed E-state index contributed by atoms with van der Waals surface area (Å²) in [4.78, 5) is 0. The maximum Gasteiger partial charge on any atom is 0.0211 e. The molecule has 1 nitrogen and oxygen atoms in total. The molecular weight excluding hydrogens is 158 g/mol. The van der Waals surface area contributed by atoms with Crippen LogP contribution in [0.5, 0.6) is 0 Å². The third kappa shape index (κ3) is 1.28. The summed E-state index contributed by atoms with van der Waals surface area (Å²) in [6.45, 7) is 2.25. The van der Waals surface area contributed by atoms with Crippen LogP contribution in [-0.4, -0.2) is 6.54 Å². The van der Waals surface area contributed by atoms with E-state index in [1.807, 2.05) is 0 Å². The summed E-state index contributed by atoms with van der Waals surface area (Å²) in [5, 5.41) is 3.46. The fraction of sp³-hybridized carbons (Fsp3) is 0.500. The lowest BCUT2D eigenvalue weighted by Gasteiger charge is -2.20. The van der Waals surface area contributed by atoms with E-state index in [-0.39, 0.29) is 0 Å². The molecule has 1 aromatic rings. The van der Waals surface area contributed by atoms with E-state index in [9.17, 15) is 0 Å². The van der Waals surface area contributed by atoms with Gasteiger partial charge in [-0.3, -0.25) is 0 Å². The van der Waals surface area contributed by atoms with Gasteiger partial charge in [0.2, 0.25) is 0 Å². The number of benzene rings is 1. The monoisotopic (exact) mass is 173 g/mol. The Hall–Kier alpha value is -0.820. The van der Waals surface area contributed by atoms with Gasteiger partial charge in [-0.1, -0.05) is 18.2 Å². The van der Waals surface area contributed by atoms with Gasteiger partial charge in [-0.2, -0.15) is 0 Å². The average Bonchev–Trinajstić information content (AvgIpc) is 3.00. The van der Waals surface area contributed by atoms with Crippen molar-refractivity contribution in [3.05, 3.63) is 34.9 Å². The molecule has 1 aromatic carbocycles. The highest BCUT2D eigenvalue weighted by Gasteiger charge is 2.27. The number of fused-ring (bicyclic) bond motifs is 1. The van der Waals surface area contributed by atoms with Crippen molar-refractivity contribution < 1.29 is 0 Å². The van der Waals surface area contributed by atoms with Crippen molar-refractivity contribution in [3.8, 4) is 0 Å². The molecule has 3 rings (SSSR count). The van der Waals surface area contributed by atoms with Crippen LogP contribution >= 0.6 is 0 Å². The minimum absolute atomic E-state index is 0.898. The molecule has 1 N–H and O–H groups in total. The van der Waals surface area contributed by atoms with Crippen LogP contribution in [0.15, 0.2) is 18.2 Å². The molecule has 13 heavy (non-hydrogen) atoms. The van der Waals surface area contributed by atoms with E-state index in [0.29, 0.717) is 0 Å². The van der Waals surface area contributed by atoms with Gasteiger partial charge in [0.05, 0.1) is 0 Å². The lowest BCUT2D eigenvalue weighted by atomic mass is 9.94. The van der Waals surface area contributed by atoms with Gasteiger partial charge in [0.1, 0.15) is 0 Å². The molecule has 1 fully saturated rings. The fourth-order valence-electron chi connectivity index (χ4n) is 2.32. The zero-order chi connectivity index (χ0) is 8.67. The van der Waals surface area contributed by atoms with Crippen LogP contribution in [0.1, 0.15) is 35.4 Å². The van der Waals surface area contributed by atoms with Crippen molar-refractivity contribution in [1.29, 1.82) is 0 Å². The number of nitrogens with one attached hydrogen (secondary N) is 1. The normalized spacial score (nSPS) is 21.2. The Morgan fingerprint density at radius 2 is 2.15 bits per heavy atom. The third-order valence-electron chi connectivity index (χ3n) is 3.20. The quantitative estimate of drug-likeness (QED) is 0.686. The molecule has 0 radical (unpaired) electrons. The summed E-state index contributed by atoms with van der Waals surface area (Å²) in [6.07, 6.45) is 4.04. The van der Waals surface area contributed by atoms with Crippen molar-refractivity contribution >= 4 is 0 Å². The standard InChI is InChI=1S/C12H15N/c1-2-9-6-7-13-8-12(9)11(3-1)10-4-5-10/h1-3,10,13H,4-8H2. The predicted molar refractivity (Wildman–Crippen MR) is 53.8 cm³/mol. The van der Waals surface area contributed by atoms with E-state index in [4.69, 9.17) is 0 Å². The molecule has 1 saturated carbocycles. The lowest BCUT2D eigenvalue weighted by Crippen LogP contribution is -2.24. The summed E-state index contributed by atoms with van der Waals surface area (Å²) in [7, 11) is 0. The smallest absolute Gasteiger partial charge is 0.0211 e. The molecule has 0 saturated heterocycles. The minimum atomic E-state index is 0.898. The van der Waals surface area contributed by atoms with Crippen LogP contribution in [-0.2, 0) is 13.0 Å². The van der Waals surface area contributed by atoms with Crippen LogP contribution in [0.3, 0.4) is 0 Å². The van der Waals surface area contributed by atoms with Gasteiger partial charge >= 0.3 is 0 Å². The van der Waals surface area contributed by atoms with Gasteiger partial charge in [0.15, 0.2) is 0 Å². The fourth-order valence-corrected chi connectivity index (χ4v) is 2.32. The van der Waals surface area contributed by atoms with Crippen molar-refractivity contribution in [1.82, 2.24) is 5.32 Å². The second kappa shape index (κ2) is 2.85. The van der Waals surface area contributed by atoms with Gasteiger partial charge in [-0.25, -0.2) is 0 Å². The highest BCUT2D eigenvalue weighted by molar-refractivity contribution is 5.40. The van der Waals surface area contributed by atoms with Crippen LogP contribution in [0.25, 0.3) is 0 Å². The van der Waals surface area contributed by atoms with Crippen LogP contribution in [0.4, 0.5) is 0 Å². The van der Waals surface area contributed by atoms with Gasteiger partial charge in [-0.05, 0) is 48.4 Å². The molecule has 0 amide bonds. The maximum atomic E-state index is 3.46. The molecular formula is C12H15N. The lowest BCUT2D eigenvalue weighted by molar-refractivity contribution is 0.637. The average molecular weight is 173 g/mol. The number of hydrogen-bond acceptors (Lipinski definition) is 1. The first-order valence-corrected chi connectivity index (χ1v) is 5.26. The SMILES string of the molecule is c1cc2c(c(C3CC3)c1)CNCC2. The van der Waals surface area contributed by atoms with Crippen LogP contribution in [0.2, 0.25) is 0 Å². The summed E-state index contributed by atoms with van der Waals surface area (Å²) >= 11 is 0. The topological polar surface area (TPSA) is 12.0 Å². The van der Waals surface area contributed by atoms with Crippen molar-refractivity contribution in [3.63, 3.8) is 0 Å². The summed E-state index contributed by atoms with van der Waals surface area (Å²) < 4.78 is 0. The van der Waals surface area contributed by atoms with E-state index < -0.39 is 0 Å². The largest absolute Gasteiger partial charge is 0.312 e. The van der Waals surface area contributed by atoms with E-state index in [0.717, 1.165) is 19.0 Å². The van der Waals surface area contributed by atoms with Crippen molar-refractivity contribution in [2.24, 2.45) is 0 Å². The van der Waals surface area contributed by atoms with Gasteiger partial charge < -0.3 is 5.32 Å². The Balaban J connectivity index is 2.07. The molecule has 0 aromatic heterocycles. The Morgan fingerprint density at radius 3 is 3.00 bits per heavy atom. The first-order valence-electron chi connectivity index (χ1n) is 5.26. The number of hydrogen-bond donors (Lipinski definition) is 1. The van der Waals surface area contributed by atoms with Gasteiger partial charge in [-0.15, -0.1) is 0 Å². The van der Waals surface area contributed by atoms with Crippen molar-refractivity contribution in [2.75, 3.05) is 6.54 Å². The van der Waals surface area contributed by atoms with Crippen LogP contribution in [0, 0.1) is 0 Å². The van der Waals surface area contributed by atoms with Gasteiger partial charge in [0, 0.05) is 6.54 Å². The van der Waals surface area contributed by atoms with Crippen molar-refractivity contribution in [2.45, 2.75) is 31.7 Å². The first-order chi connectivity index (χ1) is 6.45. The summed E-state index contributed by atoms with van der Waals surface area (Å²) in [6, 6.07) is 6.85. The Bertz CT molecular complexity index is 326. The summed E-state index contributed by atoms with van der Waals surface area (Å²) in [5.74, 6) is 0.898. The molecule has 2 aliphatic rings. The molecule has 1 aliphatic carbocycles. The highest BCUT2D eigenvalue weighted by Crippen LogP contribution is 2.42. The van der Waals surface area contributed by atoms with Gasteiger partial charge in [0.25, 0.3) is 0 Å². The Kier molecular flexibility index (Phi) is 1.66. The van der Waals surface area contributed by atoms with E-state index >= 15 is 0 Å². The number of rotatable bonds is 1. The minimum Gasteiger partial charge on any atom is -0.312 e. The second-order valence-corrected chi connectivity index (χ2v) is 4.19. The Morgan fingerprint density at radius 1 is 1.23 bits per heavy atom. The van der Waals surface area contributed by atoms with E-state index in [1.165, 1.54) is 19.3 Å².